The number of ether oxygens (including phenoxy) is 3. The maximum Gasteiger partial charge on any atom is 0.254 e. The molecule has 0 unspecified atom stereocenters. The van der Waals surface area contributed by atoms with Gasteiger partial charge in [0.25, 0.3) is 5.91 Å². The molecule has 0 aliphatic carbocycles. The molecule has 1 heterocycles. The van der Waals surface area contributed by atoms with E-state index in [1.807, 2.05) is 20.8 Å². The van der Waals surface area contributed by atoms with Crippen LogP contribution in [0.15, 0.2) is 12.1 Å². The third kappa shape index (κ3) is 6.87. The minimum absolute atomic E-state index is 0.00526. The van der Waals surface area contributed by atoms with Crippen molar-refractivity contribution in [3.05, 3.63) is 17.7 Å². The fourth-order valence-electron chi connectivity index (χ4n) is 3.51. The summed E-state index contributed by atoms with van der Waals surface area (Å²) in [6, 6.07) is 3.39. The summed E-state index contributed by atoms with van der Waals surface area (Å²) in [5, 5.41) is 0. The van der Waals surface area contributed by atoms with Crippen LogP contribution in [0.4, 0.5) is 0 Å². The van der Waals surface area contributed by atoms with Crippen molar-refractivity contribution < 1.29 is 28.6 Å². The zero-order chi connectivity index (χ0) is 22.8. The first-order valence-corrected chi connectivity index (χ1v) is 11.0. The second-order valence-corrected chi connectivity index (χ2v) is 7.33. The van der Waals surface area contributed by atoms with E-state index >= 15 is 0 Å². The monoisotopic (exact) mass is 434 g/mol. The molecule has 0 saturated carbocycles. The van der Waals surface area contributed by atoms with Crippen molar-refractivity contribution in [2.75, 3.05) is 46.0 Å². The Kier molecular flexibility index (Phi) is 9.62. The van der Waals surface area contributed by atoms with E-state index in [-0.39, 0.29) is 30.4 Å². The molecule has 0 radical (unpaired) electrons. The summed E-state index contributed by atoms with van der Waals surface area (Å²) >= 11 is 0. The lowest BCUT2D eigenvalue weighted by molar-refractivity contribution is -0.132. The number of Topliss-reactive ketones (excluding diaryl/α,β-unsaturated/α-hetero) is 1. The Labute approximate surface area is 184 Å². The van der Waals surface area contributed by atoms with Crippen LogP contribution in [0.3, 0.4) is 0 Å². The molecule has 1 aliphatic rings. The van der Waals surface area contributed by atoms with Gasteiger partial charge in [-0.3, -0.25) is 9.59 Å². The Morgan fingerprint density at radius 2 is 1.35 bits per heavy atom. The number of amides is 2. The van der Waals surface area contributed by atoms with Gasteiger partial charge < -0.3 is 28.8 Å². The molecule has 0 bridgehead atoms. The lowest BCUT2D eigenvalue weighted by atomic mass is 10.1. The van der Waals surface area contributed by atoms with E-state index in [0.717, 1.165) is 0 Å². The number of hydrogen-bond donors (Lipinski definition) is 0. The van der Waals surface area contributed by atoms with Gasteiger partial charge in [0.2, 0.25) is 11.7 Å². The molecule has 1 aromatic rings. The van der Waals surface area contributed by atoms with Crippen LogP contribution in [0.5, 0.6) is 17.2 Å². The summed E-state index contributed by atoms with van der Waals surface area (Å²) in [5.74, 6) is 1.29. The third-order valence-corrected chi connectivity index (χ3v) is 4.98. The highest BCUT2D eigenvalue weighted by Gasteiger charge is 2.25. The van der Waals surface area contributed by atoms with Crippen LogP contribution in [0, 0.1) is 0 Å². The minimum atomic E-state index is -0.136. The van der Waals surface area contributed by atoms with Gasteiger partial charge in [0.1, 0.15) is 5.78 Å². The number of rotatable bonds is 10. The summed E-state index contributed by atoms with van der Waals surface area (Å²) < 4.78 is 17.1. The van der Waals surface area contributed by atoms with E-state index in [4.69, 9.17) is 14.2 Å². The molecule has 2 amide bonds. The summed E-state index contributed by atoms with van der Waals surface area (Å²) in [7, 11) is 0. The van der Waals surface area contributed by atoms with Crippen molar-refractivity contribution in [2.45, 2.75) is 47.0 Å². The van der Waals surface area contributed by atoms with E-state index in [0.29, 0.717) is 75.2 Å². The molecule has 1 saturated heterocycles. The molecule has 0 aromatic heterocycles. The molecule has 31 heavy (non-hydrogen) atoms. The van der Waals surface area contributed by atoms with Crippen molar-refractivity contribution in [3.63, 3.8) is 0 Å². The smallest absolute Gasteiger partial charge is 0.254 e. The highest BCUT2D eigenvalue weighted by molar-refractivity contribution is 5.95. The minimum Gasteiger partial charge on any atom is -0.490 e. The van der Waals surface area contributed by atoms with Gasteiger partial charge in [0.15, 0.2) is 11.5 Å². The number of ketones is 1. The third-order valence-electron chi connectivity index (χ3n) is 4.98. The maximum absolute atomic E-state index is 13.3. The quantitative estimate of drug-likeness (QED) is 0.563. The summed E-state index contributed by atoms with van der Waals surface area (Å²) in [5.41, 5.74) is 0.465. The largest absolute Gasteiger partial charge is 0.490 e. The number of hydrogen-bond acceptors (Lipinski definition) is 6. The molecule has 1 aliphatic heterocycles. The van der Waals surface area contributed by atoms with Crippen LogP contribution < -0.4 is 14.2 Å². The zero-order valence-electron chi connectivity index (χ0n) is 19.1. The fourth-order valence-corrected chi connectivity index (χ4v) is 3.51. The summed E-state index contributed by atoms with van der Waals surface area (Å²) in [6.45, 7) is 10.5. The van der Waals surface area contributed by atoms with Gasteiger partial charge in [-0.25, -0.2) is 0 Å². The van der Waals surface area contributed by atoms with Gasteiger partial charge in [-0.2, -0.15) is 0 Å². The number of benzene rings is 1. The van der Waals surface area contributed by atoms with Crippen LogP contribution >= 0.6 is 0 Å². The second-order valence-electron chi connectivity index (χ2n) is 7.33. The van der Waals surface area contributed by atoms with Crippen molar-refractivity contribution in [1.82, 2.24) is 9.80 Å². The van der Waals surface area contributed by atoms with Crippen molar-refractivity contribution in [1.29, 1.82) is 0 Å². The van der Waals surface area contributed by atoms with Crippen molar-refractivity contribution in [3.8, 4) is 17.2 Å². The van der Waals surface area contributed by atoms with Crippen molar-refractivity contribution >= 4 is 17.6 Å². The highest BCUT2D eigenvalue weighted by atomic mass is 16.5. The molecule has 0 atom stereocenters. The molecule has 172 valence electrons. The zero-order valence-corrected chi connectivity index (χ0v) is 19.1. The van der Waals surface area contributed by atoms with Crippen LogP contribution in [0.1, 0.15) is 57.3 Å². The average Bonchev–Trinajstić information content (AvgIpc) is 3.00. The number of nitrogens with zero attached hydrogens (tertiary/aromatic N) is 2. The first-order chi connectivity index (χ1) is 14.9. The van der Waals surface area contributed by atoms with Crippen molar-refractivity contribution in [2.24, 2.45) is 0 Å². The van der Waals surface area contributed by atoms with E-state index in [1.165, 1.54) is 6.92 Å². The standard InChI is InChI=1S/C23H34N2O6/c1-5-29-19-15-18(16-20(30-6-2)22(19)31-7-3)23(28)25-12-8-11-24(13-14-25)21(27)10-9-17(4)26/h15-16H,5-14H2,1-4H3. The van der Waals surface area contributed by atoms with Crippen LogP contribution in [0.2, 0.25) is 0 Å². The average molecular weight is 435 g/mol. The summed E-state index contributed by atoms with van der Waals surface area (Å²) in [4.78, 5) is 40.3. The highest BCUT2D eigenvalue weighted by Crippen LogP contribution is 2.39. The Bertz CT molecular complexity index is 752. The molecule has 2 rings (SSSR count). The molecular formula is C23H34N2O6. The van der Waals surface area contributed by atoms with E-state index < -0.39 is 0 Å². The number of carbonyl (C=O) groups is 3. The normalized spacial score (nSPS) is 14.1. The van der Waals surface area contributed by atoms with Gasteiger partial charge in [-0.05, 0) is 46.2 Å². The first-order valence-electron chi connectivity index (χ1n) is 11.0. The molecule has 1 fully saturated rings. The molecule has 0 spiro atoms. The molecular weight excluding hydrogens is 400 g/mol. The van der Waals surface area contributed by atoms with Gasteiger partial charge in [-0.15, -0.1) is 0 Å². The van der Waals surface area contributed by atoms with Gasteiger partial charge in [-0.1, -0.05) is 0 Å². The predicted octanol–water partition coefficient (Wildman–Crippen LogP) is 2.93. The van der Waals surface area contributed by atoms with E-state index in [1.54, 1.807) is 21.9 Å². The molecule has 8 heteroatoms. The fraction of sp³-hybridized carbons (Fsp3) is 0.609. The Hall–Kier alpha value is -2.77. The lowest BCUT2D eigenvalue weighted by Gasteiger charge is -2.23. The van der Waals surface area contributed by atoms with Gasteiger partial charge in [0.05, 0.1) is 19.8 Å². The molecule has 1 aromatic carbocycles. The lowest BCUT2D eigenvalue weighted by Crippen LogP contribution is -2.37. The topological polar surface area (TPSA) is 85.4 Å². The van der Waals surface area contributed by atoms with Crippen LogP contribution in [-0.2, 0) is 9.59 Å². The van der Waals surface area contributed by atoms with Gasteiger partial charge >= 0.3 is 0 Å². The van der Waals surface area contributed by atoms with Crippen LogP contribution in [0.25, 0.3) is 0 Å². The van der Waals surface area contributed by atoms with E-state index in [9.17, 15) is 14.4 Å². The first kappa shape index (κ1) is 24.5. The van der Waals surface area contributed by atoms with Gasteiger partial charge in [0, 0.05) is 44.6 Å². The second kappa shape index (κ2) is 12.2. The maximum atomic E-state index is 13.3. The Morgan fingerprint density at radius 3 is 1.90 bits per heavy atom. The Morgan fingerprint density at radius 1 is 0.806 bits per heavy atom. The van der Waals surface area contributed by atoms with Crippen LogP contribution in [-0.4, -0.2) is 73.4 Å². The Balaban J connectivity index is 2.18. The number of carbonyl (C=O) groups excluding carboxylic acids is 3. The van der Waals surface area contributed by atoms with E-state index in [2.05, 4.69) is 0 Å². The molecule has 8 nitrogen and oxygen atoms in total. The molecule has 0 N–H and O–H groups in total. The summed E-state index contributed by atoms with van der Waals surface area (Å²) in [6.07, 6.45) is 1.16. The predicted molar refractivity (Wildman–Crippen MR) is 117 cm³/mol. The SMILES string of the molecule is CCOc1cc(C(=O)N2CCCN(C(=O)CCC(C)=O)CC2)cc(OCC)c1OCC.